The lowest BCUT2D eigenvalue weighted by atomic mass is 10.1. The number of carbonyl (C=O) groups is 2. The first kappa shape index (κ1) is 23.6. The second-order valence-corrected chi connectivity index (χ2v) is 7.13. The second kappa shape index (κ2) is 11.0. The molecule has 2 amide bonds. The largest absolute Gasteiger partial charge is 0.493 e. The van der Waals surface area contributed by atoms with Crippen molar-refractivity contribution < 1.29 is 28.3 Å². The Kier molecular flexibility index (Phi) is 7.85. The molecule has 0 saturated heterocycles. The highest BCUT2D eigenvalue weighted by molar-refractivity contribution is 5.90. The molecule has 10 heteroatoms. The predicted octanol–water partition coefficient (Wildman–Crippen LogP) is 2.30. The quantitative estimate of drug-likeness (QED) is 0.447. The van der Waals surface area contributed by atoms with Crippen LogP contribution in [-0.4, -0.2) is 55.9 Å². The Balaban J connectivity index is 1.43. The summed E-state index contributed by atoms with van der Waals surface area (Å²) in [7, 11) is 3.06. The third-order valence-electron chi connectivity index (χ3n) is 4.84. The number of aryl methyl sites for hydroxylation is 2. The van der Waals surface area contributed by atoms with E-state index in [2.05, 4.69) is 20.8 Å². The van der Waals surface area contributed by atoms with Gasteiger partial charge in [-0.15, -0.1) is 0 Å². The number of amides is 2. The van der Waals surface area contributed by atoms with E-state index < -0.39 is 5.91 Å². The fourth-order valence-corrected chi connectivity index (χ4v) is 2.87. The highest BCUT2D eigenvalue weighted by atomic mass is 16.5. The van der Waals surface area contributed by atoms with Crippen molar-refractivity contribution in [2.24, 2.45) is 0 Å². The number of aromatic nitrogens is 2. The summed E-state index contributed by atoms with van der Waals surface area (Å²) in [6.07, 6.45) is 0. The highest BCUT2D eigenvalue weighted by Gasteiger charge is 2.17. The van der Waals surface area contributed by atoms with Gasteiger partial charge in [-0.25, -0.2) is 0 Å². The van der Waals surface area contributed by atoms with Crippen molar-refractivity contribution in [2.75, 3.05) is 33.9 Å². The molecule has 0 atom stereocenters. The maximum absolute atomic E-state index is 12.2. The molecule has 2 N–H and O–H groups in total. The molecule has 3 rings (SSSR count). The third-order valence-corrected chi connectivity index (χ3v) is 4.84. The fourth-order valence-electron chi connectivity index (χ4n) is 2.87. The first-order valence-electron chi connectivity index (χ1n) is 10.2. The van der Waals surface area contributed by atoms with Gasteiger partial charge in [-0.1, -0.05) is 11.2 Å². The molecule has 2 aromatic carbocycles. The Morgan fingerprint density at radius 2 is 1.70 bits per heavy atom. The molecule has 33 heavy (non-hydrogen) atoms. The molecule has 1 aromatic heterocycles. The molecular formula is C23H26N4O6. The lowest BCUT2D eigenvalue weighted by Gasteiger charge is -2.09. The van der Waals surface area contributed by atoms with Crippen LogP contribution in [0.4, 0.5) is 0 Å². The molecule has 174 valence electrons. The van der Waals surface area contributed by atoms with E-state index in [9.17, 15) is 9.59 Å². The van der Waals surface area contributed by atoms with Gasteiger partial charge >= 0.3 is 11.8 Å². The van der Waals surface area contributed by atoms with Gasteiger partial charge in [0.2, 0.25) is 5.82 Å². The van der Waals surface area contributed by atoms with Crippen LogP contribution in [0.2, 0.25) is 0 Å². The van der Waals surface area contributed by atoms with Crippen LogP contribution >= 0.6 is 0 Å². The number of ether oxygens (including phenoxy) is 3. The van der Waals surface area contributed by atoms with Crippen molar-refractivity contribution in [3.63, 3.8) is 0 Å². The SMILES string of the molecule is COc1ccc(-c2noc(C(=O)NCCNC(=O)COc3ccc(C)c(C)c3)n2)cc1OC. The normalized spacial score (nSPS) is 10.4. The zero-order valence-electron chi connectivity index (χ0n) is 18.9. The Morgan fingerprint density at radius 1 is 0.939 bits per heavy atom. The third kappa shape index (κ3) is 6.22. The molecule has 10 nitrogen and oxygen atoms in total. The van der Waals surface area contributed by atoms with Gasteiger partial charge in [0, 0.05) is 18.7 Å². The lowest BCUT2D eigenvalue weighted by Crippen LogP contribution is -2.36. The predicted molar refractivity (Wildman–Crippen MR) is 120 cm³/mol. The summed E-state index contributed by atoms with van der Waals surface area (Å²) in [5.74, 6) is 0.892. The maximum atomic E-state index is 12.2. The molecule has 0 aliphatic heterocycles. The average molecular weight is 454 g/mol. The van der Waals surface area contributed by atoms with Crippen molar-refractivity contribution in [3.05, 3.63) is 53.4 Å². The number of nitrogens with zero attached hydrogens (tertiary/aromatic N) is 2. The Bertz CT molecular complexity index is 1130. The molecule has 0 radical (unpaired) electrons. The first-order chi connectivity index (χ1) is 15.9. The van der Waals surface area contributed by atoms with E-state index in [4.69, 9.17) is 18.7 Å². The minimum absolute atomic E-state index is 0.116. The zero-order chi connectivity index (χ0) is 23.8. The van der Waals surface area contributed by atoms with Crippen molar-refractivity contribution in [1.82, 2.24) is 20.8 Å². The first-order valence-corrected chi connectivity index (χ1v) is 10.2. The Hall–Kier alpha value is -4.08. The van der Waals surface area contributed by atoms with Crippen molar-refractivity contribution in [2.45, 2.75) is 13.8 Å². The molecule has 0 bridgehead atoms. The monoisotopic (exact) mass is 454 g/mol. The summed E-state index contributed by atoms with van der Waals surface area (Å²) in [4.78, 5) is 28.3. The summed E-state index contributed by atoms with van der Waals surface area (Å²) in [5.41, 5.74) is 2.84. The number of hydrogen-bond donors (Lipinski definition) is 2. The van der Waals surface area contributed by atoms with Gasteiger partial charge in [0.05, 0.1) is 14.2 Å². The summed E-state index contributed by atoms with van der Waals surface area (Å²) >= 11 is 0. The number of nitrogens with one attached hydrogen (secondary N) is 2. The Morgan fingerprint density at radius 3 is 2.42 bits per heavy atom. The van der Waals surface area contributed by atoms with E-state index >= 15 is 0 Å². The molecule has 0 aliphatic carbocycles. The van der Waals surface area contributed by atoms with Crippen molar-refractivity contribution >= 4 is 11.8 Å². The molecule has 0 spiro atoms. The van der Waals surface area contributed by atoms with Crippen LogP contribution in [0.5, 0.6) is 17.2 Å². The number of carbonyl (C=O) groups excluding carboxylic acids is 2. The Labute approximate surface area is 191 Å². The van der Waals surface area contributed by atoms with E-state index in [1.54, 1.807) is 18.2 Å². The zero-order valence-corrected chi connectivity index (χ0v) is 18.9. The van der Waals surface area contributed by atoms with E-state index in [1.165, 1.54) is 14.2 Å². The molecule has 0 saturated carbocycles. The maximum Gasteiger partial charge on any atom is 0.316 e. The molecule has 3 aromatic rings. The highest BCUT2D eigenvalue weighted by Crippen LogP contribution is 2.31. The van der Waals surface area contributed by atoms with Crippen LogP contribution in [0.3, 0.4) is 0 Å². The van der Waals surface area contributed by atoms with Gasteiger partial charge in [0.1, 0.15) is 5.75 Å². The summed E-state index contributed by atoms with van der Waals surface area (Å²) in [6, 6.07) is 10.7. The van der Waals surface area contributed by atoms with Crippen LogP contribution in [0.25, 0.3) is 11.4 Å². The number of benzene rings is 2. The molecule has 0 fully saturated rings. The second-order valence-electron chi connectivity index (χ2n) is 7.13. The minimum atomic E-state index is -0.546. The average Bonchev–Trinajstić information content (AvgIpc) is 3.32. The number of rotatable bonds is 10. The summed E-state index contributed by atoms with van der Waals surface area (Å²) in [6.45, 7) is 4.27. The van der Waals surface area contributed by atoms with Gasteiger partial charge in [0.15, 0.2) is 18.1 Å². The fraction of sp³-hybridized carbons (Fsp3) is 0.304. The van der Waals surface area contributed by atoms with Crippen molar-refractivity contribution in [1.29, 1.82) is 0 Å². The van der Waals surface area contributed by atoms with Crippen molar-refractivity contribution in [3.8, 4) is 28.6 Å². The van der Waals surface area contributed by atoms with Gasteiger partial charge in [-0.2, -0.15) is 4.98 Å². The number of methoxy groups -OCH3 is 2. The number of hydrogen-bond acceptors (Lipinski definition) is 8. The van der Waals surface area contributed by atoms with Crippen LogP contribution in [-0.2, 0) is 4.79 Å². The molecular weight excluding hydrogens is 428 g/mol. The van der Waals surface area contributed by atoms with E-state index in [0.717, 1.165) is 11.1 Å². The standard InChI is InChI=1S/C23H26N4O6/c1-14-5-7-17(11-15(14)2)32-13-20(28)24-9-10-25-22(29)23-26-21(27-33-23)16-6-8-18(30-3)19(12-16)31-4/h5-8,11-12H,9-10,13H2,1-4H3,(H,24,28)(H,25,29). The summed E-state index contributed by atoms with van der Waals surface area (Å²) in [5, 5.41) is 9.11. The van der Waals surface area contributed by atoms with Crippen LogP contribution in [0.1, 0.15) is 21.8 Å². The topological polar surface area (TPSA) is 125 Å². The van der Waals surface area contributed by atoms with Crippen LogP contribution in [0.15, 0.2) is 40.9 Å². The lowest BCUT2D eigenvalue weighted by molar-refractivity contribution is -0.123. The van der Waals surface area contributed by atoms with Gasteiger partial charge < -0.3 is 29.4 Å². The van der Waals surface area contributed by atoms with E-state index in [1.807, 2.05) is 32.0 Å². The van der Waals surface area contributed by atoms with E-state index in [0.29, 0.717) is 22.8 Å². The molecule has 0 aliphatic rings. The van der Waals surface area contributed by atoms with Gasteiger partial charge in [-0.3, -0.25) is 9.59 Å². The molecule has 1 heterocycles. The van der Waals surface area contributed by atoms with Gasteiger partial charge in [0.25, 0.3) is 5.91 Å². The van der Waals surface area contributed by atoms with Crippen LogP contribution in [0, 0.1) is 13.8 Å². The van der Waals surface area contributed by atoms with Gasteiger partial charge in [-0.05, 0) is 55.3 Å². The van der Waals surface area contributed by atoms with Crippen LogP contribution < -0.4 is 24.8 Å². The smallest absolute Gasteiger partial charge is 0.316 e. The van der Waals surface area contributed by atoms with E-state index in [-0.39, 0.29) is 37.3 Å². The minimum Gasteiger partial charge on any atom is -0.493 e. The molecule has 0 unspecified atom stereocenters. The summed E-state index contributed by atoms with van der Waals surface area (Å²) < 4.78 is 21.0.